The predicted molar refractivity (Wildman–Crippen MR) is 169 cm³/mol. The Morgan fingerprint density at radius 3 is 2.39 bits per heavy atom. The van der Waals surface area contributed by atoms with Gasteiger partial charge in [0.1, 0.15) is 5.75 Å². The number of carbonyl (C=O) groups excluding carboxylic acids is 1. The van der Waals surface area contributed by atoms with Crippen LogP contribution in [0.5, 0.6) is 5.75 Å². The summed E-state index contributed by atoms with van der Waals surface area (Å²) in [5, 5.41) is 11.2. The summed E-state index contributed by atoms with van der Waals surface area (Å²) >= 11 is 1.74. The number of methoxy groups -OCH3 is 1. The van der Waals surface area contributed by atoms with Gasteiger partial charge in [-0.3, -0.25) is 4.79 Å². The number of hydrogen-bond acceptors (Lipinski definition) is 5. The molecule has 220 valence electrons. The fraction of sp³-hybridized carbons (Fsp3) is 0.543. The molecular formula is C35H46N2O3S. The standard InChI is InChI=1S/C35H46N2O3S/c1-23-19-27(15-18-31(23)40-5)25-11-9-24(10-12-25)22-37(33(39)26-13-16-30(38)17-14-26)29-8-6-7-28(20-29)32-21-36-34(41-32)35(2,3)4/h6-8,15,18-21,24-26,30,38H,9-14,16-17,22H2,1-5H3. The topological polar surface area (TPSA) is 62.7 Å². The Bertz CT molecular complexity index is 1330. The van der Waals surface area contributed by atoms with E-state index in [1.807, 2.05) is 6.20 Å². The summed E-state index contributed by atoms with van der Waals surface area (Å²) in [6.45, 7) is 9.45. The average Bonchev–Trinajstić information content (AvgIpc) is 3.48. The number of nitrogens with zero attached hydrogens (tertiary/aromatic N) is 2. The summed E-state index contributed by atoms with van der Waals surface area (Å²) in [6, 6.07) is 15.1. The van der Waals surface area contributed by atoms with Crippen LogP contribution in [0.1, 0.15) is 94.2 Å². The van der Waals surface area contributed by atoms with E-state index in [1.54, 1.807) is 18.4 Å². The third kappa shape index (κ3) is 7.03. The minimum Gasteiger partial charge on any atom is -0.496 e. The molecule has 0 unspecified atom stereocenters. The second-order valence-electron chi connectivity index (χ2n) is 13.2. The van der Waals surface area contributed by atoms with E-state index in [2.05, 4.69) is 75.1 Å². The highest BCUT2D eigenvalue weighted by Crippen LogP contribution is 2.40. The average molecular weight is 575 g/mol. The molecule has 2 aromatic carbocycles. The molecule has 1 heterocycles. The van der Waals surface area contributed by atoms with Gasteiger partial charge in [-0.2, -0.15) is 0 Å². The van der Waals surface area contributed by atoms with Crippen LogP contribution in [0.2, 0.25) is 0 Å². The Morgan fingerprint density at radius 2 is 1.76 bits per heavy atom. The summed E-state index contributed by atoms with van der Waals surface area (Å²) in [7, 11) is 1.73. The molecule has 2 aliphatic carbocycles. The van der Waals surface area contributed by atoms with E-state index in [4.69, 9.17) is 9.72 Å². The molecule has 1 aromatic heterocycles. The van der Waals surface area contributed by atoms with Gasteiger partial charge < -0.3 is 14.7 Å². The van der Waals surface area contributed by atoms with E-state index in [0.29, 0.717) is 24.7 Å². The third-order valence-electron chi connectivity index (χ3n) is 9.08. The normalized spacial score (nSPS) is 23.3. The molecule has 6 heteroatoms. The second-order valence-corrected chi connectivity index (χ2v) is 14.3. The third-order valence-corrected chi connectivity index (χ3v) is 10.6. The largest absolute Gasteiger partial charge is 0.496 e. The first-order chi connectivity index (χ1) is 19.6. The lowest BCUT2D eigenvalue weighted by atomic mass is 9.78. The van der Waals surface area contributed by atoms with E-state index < -0.39 is 0 Å². The molecule has 3 aromatic rings. The van der Waals surface area contributed by atoms with Gasteiger partial charge in [-0.1, -0.05) is 45.0 Å². The highest BCUT2D eigenvalue weighted by atomic mass is 32.1. The number of hydrogen-bond donors (Lipinski definition) is 1. The van der Waals surface area contributed by atoms with E-state index in [1.165, 1.54) is 11.1 Å². The molecular weight excluding hydrogens is 528 g/mol. The number of aryl methyl sites for hydroxylation is 1. The van der Waals surface area contributed by atoms with Gasteiger partial charge >= 0.3 is 0 Å². The Balaban J connectivity index is 1.34. The number of ether oxygens (including phenoxy) is 1. The number of aliphatic hydroxyl groups excluding tert-OH is 1. The van der Waals surface area contributed by atoms with Gasteiger partial charge in [-0.25, -0.2) is 4.98 Å². The molecule has 5 rings (SSSR count). The molecule has 0 aliphatic heterocycles. The van der Waals surface area contributed by atoms with Crippen LogP contribution in [-0.4, -0.2) is 35.8 Å². The van der Waals surface area contributed by atoms with Crippen molar-refractivity contribution in [3.05, 3.63) is 64.8 Å². The number of rotatable bonds is 7. The summed E-state index contributed by atoms with van der Waals surface area (Å²) in [5.41, 5.74) is 4.71. The molecule has 2 saturated carbocycles. The van der Waals surface area contributed by atoms with Crippen molar-refractivity contribution >= 4 is 22.9 Å². The molecule has 0 radical (unpaired) electrons. The number of anilines is 1. The maximum atomic E-state index is 14.1. The van der Waals surface area contributed by atoms with Gasteiger partial charge in [0.05, 0.1) is 23.1 Å². The van der Waals surface area contributed by atoms with E-state index in [-0.39, 0.29) is 23.3 Å². The molecule has 0 saturated heterocycles. The van der Waals surface area contributed by atoms with Gasteiger partial charge in [-0.15, -0.1) is 11.3 Å². The van der Waals surface area contributed by atoms with Gasteiger partial charge in [0.2, 0.25) is 5.91 Å². The number of benzene rings is 2. The fourth-order valence-electron chi connectivity index (χ4n) is 6.54. The Hall–Kier alpha value is -2.70. The van der Waals surface area contributed by atoms with Crippen molar-refractivity contribution in [2.75, 3.05) is 18.6 Å². The summed E-state index contributed by atoms with van der Waals surface area (Å²) < 4.78 is 5.47. The zero-order valence-corrected chi connectivity index (χ0v) is 26.2. The van der Waals surface area contributed by atoms with E-state index >= 15 is 0 Å². The maximum absolute atomic E-state index is 14.1. The van der Waals surface area contributed by atoms with Crippen LogP contribution in [-0.2, 0) is 10.2 Å². The minimum absolute atomic E-state index is 0.0113. The van der Waals surface area contributed by atoms with Gasteiger partial charge in [-0.05, 0) is 105 Å². The lowest BCUT2D eigenvalue weighted by molar-refractivity contribution is -0.124. The maximum Gasteiger partial charge on any atom is 0.230 e. The van der Waals surface area contributed by atoms with Crippen LogP contribution >= 0.6 is 11.3 Å². The Labute approximate surface area is 250 Å². The van der Waals surface area contributed by atoms with E-state index in [9.17, 15) is 9.90 Å². The lowest BCUT2D eigenvalue weighted by Crippen LogP contribution is -2.41. The van der Waals surface area contributed by atoms with Crippen molar-refractivity contribution in [1.82, 2.24) is 4.98 Å². The molecule has 5 nitrogen and oxygen atoms in total. The van der Waals surface area contributed by atoms with Crippen LogP contribution in [0, 0.1) is 18.8 Å². The van der Waals surface area contributed by atoms with Crippen molar-refractivity contribution in [1.29, 1.82) is 0 Å². The summed E-state index contributed by atoms with van der Waals surface area (Å²) in [4.78, 5) is 22.0. The first kappa shape index (κ1) is 29.8. The zero-order valence-electron chi connectivity index (χ0n) is 25.4. The number of aromatic nitrogens is 1. The van der Waals surface area contributed by atoms with E-state index in [0.717, 1.165) is 72.0 Å². The quantitative estimate of drug-likeness (QED) is 0.308. The molecule has 0 bridgehead atoms. The summed E-state index contributed by atoms with van der Waals surface area (Å²) in [6.07, 6.45) is 9.19. The van der Waals surface area contributed by atoms with Crippen LogP contribution in [0.15, 0.2) is 48.7 Å². The number of aliphatic hydroxyl groups is 1. The Morgan fingerprint density at radius 1 is 1.02 bits per heavy atom. The van der Waals surface area contributed by atoms with Crippen LogP contribution in [0.4, 0.5) is 5.69 Å². The molecule has 0 spiro atoms. The first-order valence-corrected chi connectivity index (χ1v) is 16.1. The fourth-order valence-corrected chi connectivity index (χ4v) is 7.51. The molecule has 2 fully saturated rings. The number of thiazole rings is 1. The van der Waals surface area contributed by atoms with Crippen LogP contribution in [0.25, 0.3) is 10.4 Å². The van der Waals surface area contributed by atoms with Gasteiger partial charge in [0.25, 0.3) is 0 Å². The van der Waals surface area contributed by atoms with Crippen LogP contribution < -0.4 is 9.64 Å². The van der Waals surface area contributed by atoms with Crippen molar-refractivity contribution in [2.45, 2.75) is 96.5 Å². The SMILES string of the molecule is COc1ccc(C2CCC(CN(C(=O)C3CCC(O)CC3)c3cccc(-c4cnc(C(C)(C)C)s4)c3)CC2)cc1C. The molecule has 0 atom stereocenters. The highest BCUT2D eigenvalue weighted by molar-refractivity contribution is 7.15. The molecule has 1 N–H and O–H groups in total. The van der Waals surface area contributed by atoms with Crippen molar-refractivity contribution in [2.24, 2.45) is 11.8 Å². The van der Waals surface area contributed by atoms with Crippen molar-refractivity contribution < 1.29 is 14.6 Å². The number of carbonyl (C=O) groups is 1. The molecule has 41 heavy (non-hydrogen) atoms. The zero-order chi connectivity index (χ0) is 29.1. The predicted octanol–water partition coefficient (Wildman–Crippen LogP) is 8.28. The number of amides is 1. The highest BCUT2D eigenvalue weighted by Gasteiger charge is 2.32. The van der Waals surface area contributed by atoms with Gasteiger partial charge in [0.15, 0.2) is 0 Å². The Kier molecular flexibility index (Phi) is 9.20. The smallest absolute Gasteiger partial charge is 0.230 e. The first-order valence-electron chi connectivity index (χ1n) is 15.3. The second kappa shape index (κ2) is 12.7. The lowest BCUT2D eigenvalue weighted by Gasteiger charge is -2.36. The van der Waals surface area contributed by atoms with Crippen molar-refractivity contribution in [3.8, 4) is 16.2 Å². The summed E-state index contributed by atoms with van der Waals surface area (Å²) in [5.74, 6) is 2.19. The van der Waals surface area contributed by atoms with Crippen molar-refractivity contribution in [3.63, 3.8) is 0 Å². The molecule has 1 amide bonds. The van der Waals surface area contributed by atoms with Gasteiger partial charge in [0, 0.05) is 29.8 Å². The monoisotopic (exact) mass is 574 g/mol. The molecule has 2 aliphatic rings. The van der Waals surface area contributed by atoms with Crippen LogP contribution in [0.3, 0.4) is 0 Å². The minimum atomic E-state index is -0.268.